The number of allylic oxidation sites excluding steroid dienone is 2. The van der Waals surface area contributed by atoms with Gasteiger partial charge in [0, 0.05) is 0 Å². The van der Waals surface area contributed by atoms with Crippen LogP contribution in [0.5, 0.6) is 0 Å². The zero-order chi connectivity index (χ0) is 15.1. The molecule has 0 radical (unpaired) electrons. The number of ketones is 1. The molecule has 4 heteroatoms. The van der Waals surface area contributed by atoms with Crippen LogP contribution in [0.4, 0.5) is 0 Å². The van der Waals surface area contributed by atoms with Crippen molar-refractivity contribution in [3.05, 3.63) is 35.4 Å². The Morgan fingerprint density at radius 1 is 1.25 bits per heavy atom. The van der Waals surface area contributed by atoms with Gasteiger partial charge in [0.1, 0.15) is 16.8 Å². The summed E-state index contributed by atoms with van der Waals surface area (Å²) >= 11 is 0. The first-order chi connectivity index (χ1) is 9.20. The summed E-state index contributed by atoms with van der Waals surface area (Å²) in [5, 5.41) is 9.60. The number of benzene rings is 1. The van der Waals surface area contributed by atoms with Gasteiger partial charge in [-0.05, 0) is 37.0 Å². The number of carbonyl (C=O) groups is 1. The van der Waals surface area contributed by atoms with Gasteiger partial charge in [-0.3, -0.25) is 4.79 Å². The van der Waals surface area contributed by atoms with Gasteiger partial charge in [0.2, 0.25) is 5.89 Å². The Hall–Kier alpha value is -2.10. The van der Waals surface area contributed by atoms with Crippen molar-refractivity contribution in [1.29, 1.82) is 0 Å². The Morgan fingerprint density at radius 2 is 1.90 bits per heavy atom. The van der Waals surface area contributed by atoms with Crippen LogP contribution in [0.1, 0.15) is 46.1 Å². The van der Waals surface area contributed by atoms with Crippen molar-refractivity contribution >= 4 is 22.5 Å². The number of aliphatic hydroxyl groups excluding tert-OH is 1. The predicted molar refractivity (Wildman–Crippen MR) is 78.6 cm³/mol. The van der Waals surface area contributed by atoms with Crippen LogP contribution in [0.2, 0.25) is 0 Å². The maximum atomic E-state index is 11.6. The second-order valence-corrected chi connectivity index (χ2v) is 5.97. The minimum absolute atomic E-state index is 0.0133. The van der Waals surface area contributed by atoms with Gasteiger partial charge in [-0.25, -0.2) is 4.98 Å². The van der Waals surface area contributed by atoms with Crippen molar-refractivity contribution in [3.63, 3.8) is 0 Å². The number of oxazole rings is 1. The highest BCUT2D eigenvalue weighted by molar-refractivity contribution is 6.19. The number of carbonyl (C=O) groups excluding carboxylic acids is 1. The minimum atomic E-state index is -0.271. The number of hydrogen-bond donors (Lipinski definition) is 1. The van der Waals surface area contributed by atoms with Crippen LogP contribution >= 0.6 is 0 Å². The highest BCUT2D eigenvalue weighted by atomic mass is 16.4. The van der Waals surface area contributed by atoms with E-state index in [0.717, 1.165) is 5.56 Å². The second-order valence-electron chi connectivity index (χ2n) is 5.97. The molecule has 20 heavy (non-hydrogen) atoms. The quantitative estimate of drug-likeness (QED) is 0.663. The van der Waals surface area contributed by atoms with Crippen molar-refractivity contribution in [3.8, 4) is 0 Å². The van der Waals surface area contributed by atoms with E-state index in [2.05, 4.69) is 25.8 Å². The van der Waals surface area contributed by atoms with Crippen molar-refractivity contribution < 1.29 is 14.3 Å². The molecule has 4 nitrogen and oxygen atoms in total. The molecule has 0 aliphatic heterocycles. The maximum Gasteiger partial charge on any atom is 0.234 e. The Labute approximate surface area is 118 Å². The molecule has 0 unspecified atom stereocenters. The van der Waals surface area contributed by atoms with Crippen molar-refractivity contribution in [2.75, 3.05) is 0 Å². The van der Waals surface area contributed by atoms with Crippen LogP contribution in [0, 0.1) is 0 Å². The largest absolute Gasteiger partial charge is 0.512 e. The van der Waals surface area contributed by atoms with Crippen LogP contribution < -0.4 is 0 Å². The van der Waals surface area contributed by atoms with E-state index >= 15 is 0 Å². The molecule has 1 N–H and O–H groups in total. The van der Waals surface area contributed by atoms with Gasteiger partial charge in [-0.1, -0.05) is 26.8 Å². The van der Waals surface area contributed by atoms with E-state index in [1.165, 1.54) is 13.8 Å². The van der Waals surface area contributed by atoms with Crippen molar-refractivity contribution in [1.82, 2.24) is 4.98 Å². The van der Waals surface area contributed by atoms with Crippen molar-refractivity contribution in [2.24, 2.45) is 0 Å². The molecule has 0 aliphatic carbocycles. The number of hydrogen-bond acceptors (Lipinski definition) is 4. The summed E-state index contributed by atoms with van der Waals surface area (Å²) in [6.45, 7) is 9.19. The molecule has 0 fully saturated rings. The van der Waals surface area contributed by atoms with Gasteiger partial charge in [0.15, 0.2) is 11.4 Å². The van der Waals surface area contributed by atoms with Crippen LogP contribution in [-0.4, -0.2) is 15.9 Å². The van der Waals surface area contributed by atoms with E-state index in [-0.39, 0.29) is 28.4 Å². The lowest BCUT2D eigenvalue weighted by Crippen LogP contribution is -2.10. The first kappa shape index (κ1) is 14.3. The fraction of sp³-hybridized carbons (Fsp3) is 0.375. The average Bonchev–Trinajstić information content (AvgIpc) is 2.68. The summed E-state index contributed by atoms with van der Waals surface area (Å²) in [4.78, 5) is 15.9. The molecule has 1 aromatic heterocycles. The molecule has 0 amide bonds. The van der Waals surface area contributed by atoms with Gasteiger partial charge < -0.3 is 9.52 Å². The number of rotatable bonds is 2. The van der Waals surface area contributed by atoms with E-state index in [9.17, 15) is 9.90 Å². The Morgan fingerprint density at radius 3 is 2.40 bits per heavy atom. The van der Waals surface area contributed by atoms with Crippen LogP contribution in [0.3, 0.4) is 0 Å². The lowest BCUT2D eigenvalue weighted by molar-refractivity contribution is -0.112. The summed E-state index contributed by atoms with van der Waals surface area (Å²) in [6.07, 6.45) is 0. The molecule has 1 aromatic carbocycles. The molecule has 0 aliphatic rings. The standard InChI is InChI=1S/C16H19NO3/c1-9(18)14(10(2)19)15-17-12-8-11(16(3,4)5)6-7-13(12)20-15/h6-8,18H,1-5H3. The van der Waals surface area contributed by atoms with Gasteiger partial charge in [0.25, 0.3) is 0 Å². The van der Waals surface area contributed by atoms with Gasteiger partial charge >= 0.3 is 0 Å². The molecule has 2 rings (SSSR count). The third-order valence-electron chi connectivity index (χ3n) is 3.18. The van der Waals surface area contributed by atoms with Gasteiger partial charge in [-0.15, -0.1) is 0 Å². The Balaban J connectivity index is 2.60. The van der Waals surface area contributed by atoms with Gasteiger partial charge in [-0.2, -0.15) is 0 Å². The summed E-state index contributed by atoms with van der Waals surface area (Å²) in [6, 6.07) is 5.78. The molecule has 0 saturated carbocycles. The van der Waals surface area contributed by atoms with E-state index in [1.54, 1.807) is 0 Å². The summed E-state index contributed by atoms with van der Waals surface area (Å²) in [5.41, 5.74) is 2.57. The smallest absolute Gasteiger partial charge is 0.234 e. The molecule has 1 heterocycles. The average molecular weight is 273 g/mol. The van der Waals surface area contributed by atoms with Crippen molar-refractivity contribution in [2.45, 2.75) is 40.0 Å². The number of nitrogens with zero attached hydrogens (tertiary/aromatic N) is 1. The normalized spacial score (nSPS) is 13.4. The predicted octanol–water partition coefficient (Wildman–Crippen LogP) is 4.00. The topological polar surface area (TPSA) is 63.3 Å². The molecular weight excluding hydrogens is 254 g/mol. The third-order valence-corrected chi connectivity index (χ3v) is 3.18. The minimum Gasteiger partial charge on any atom is -0.512 e. The fourth-order valence-corrected chi connectivity index (χ4v) is 2.06. The molecule has 0 atom stereocenters. The second kappa shape index (κ2) is 4.78. The molecule has 0 saturated heterocycles. The molecule has 106 valence electrons. The van der Waals surface area contributed by atoms with Crippen LogP contribution in [-0.2, 0) is 10.2 Å². The van der Waals surface area contributed by atoms with E-state index in [1.807, 2.05) is 18.2 Å². The number of aliphatic hydroxyl groups is 1. The molecule has 2 aromatic rings. The number of fused-ring (bicyclic) bond motifs is 1. The van der Waals surface area contributed by atoms with E-state index in [4.69, 9.17) is 4.42 Å². The first-order valence-corrected chi connectivity index (χ1v) is 6.52. The maximum absolute atomic E-state index is 11.6. The highest BCUT2D eigenvalue weighted by Gasteiger charge is 2.20. The molecule has 0 spiro atoms. The SMILES string of the molecule is CC(=O)C(=C(C)O)c1nc2cc(C(C)(C)C)ccc2o1. The third kappa shape index (κ3) is 2.59. The molecular formula is C16H19NO3. The Kier molecular flexibility index (Phi) is 3.42. The van der Waals surface area contributed by atoms with Gasteiger partial charge in [0.05, 0.1) is 0 Å². The zero-order valence-electron chi connectivity index (χ0n) is 12.4. The first-order valence-electron chi connectivity index (χ1n) is 6.52. The fourth-order valence-electron chi connectivity index (χ4n) is 2.06. The highest BCUT2D eigenvalue weighted by Crippen LogP contribution is 2.28. The lowest BCUT2D eigenvalue weighted by atomic mass is 9.87. The summed E-state index contributed by atoms with van der Waals surface area (Å²) < 4.78 is 5.57. The van der Waals surface area contributed by atoms with E-state index in [0.29, 0.717) is 11.1 Å². The molecule has 0 bridgehead atoms. The summed E-state index contributed by atoms with van der Waals surface area (Å²) in [7, 11) is 0. The van der Waals surface area contributed by atoms with Crippen LogP contribution in [0.25, 0.3) is 16.7 Å². The Bertz CT molecular complexity index is 698. The van der Waals surface area contributed by atoms with E-state index < -0.39 is 0 Å². The lowest BCUT2D eigenvalue weighted by Gasteiger charge is -2.18. The summed E-state index contributed by atoms with van der Waals surface area (Å²) in [5.74, 6) is -0.189. The van der Waals surface area contributed by atoms with Crippen LogP contribution in [0.15, 0.2) is 28.4 Å². The zero-order valence-corrected chi connectivity index (χ0v) is 12.4. The number of aromatic nitrogens is 1. The number of Topliss-reactive ketones (excluding diaryl/α,β-unsaturated/α-hetero) is 1. The monoisotopic (exact) mass is 273 g/mol.